The second-order valence-electron chi connectivity index (χ2n) is 2.64. The SMILES string of the molecule is CNCC(C)CC=CC(=O)O. The number of hydrogen-bond acceptors (Lipinski definition) is 2. The molecule has 11 heavy (non-hydrogen) atoms. The molecule has 64 valence electrons. The molecule has 0 aliphatic carbocycles. The first kappa shape index (κ1) is 10.2. The molecule has 0 heterocycles. The average Bonchev–Trinajstić information content (AvgIpc) is 1.87. The lowest BCUT2D eigenvalue weighted by Crippen LogP contribution is -2.15. The Kier molecular flexibility index (Phi) is 5.47. The van der Waals surface area contributed by atoms with Crippen LogP contribution in [0.15, 0.2) is 12.2 Å². The summed E-state index contributed by atoms with van der Waals surface area (Å²) < 4.78 is 0. The van der Waals surface area contributed by atoms with Crippen molar-refractivity contribution in [3.8, 4) is 0 Å². The van der Waals surface area contributed by atoms with Crippen LogP contribution in [0.1, 0.15) is 13.3 Å². The van der Waals surface area contributed by atoms with Crippen LogP contribution in [0.5, 0.6) is 0 Å². The largest absolute Gasteiger partial charge is 0.478 e. The molecule has 2 N–H and O–H groups in total. The van der Waals surface area contributed by atoms with Gasteiger partial charge in [0.15, 0.2) is 0 Å². The summed E-state index contributed by atoms with van der Waals surface area (Å²) in [5.74, 6) is -0.378. The van der Waals surface area contributed by atoms with Gasteiger partial charge in [0.2, 0.25) is 0 Å². The van der Waals surface area contributed by atoms with Crippen LogP contribution in [0.3, 0.4) is 0 Å². The van der Waals surface area contributed by atoms with Gasteiger partial charge in [0.1, 0.15) is 0 Å². The third-order valence-electron chi connectivity index (χ3n) is 1.35. The molecule has 0 fully saturated rings. The van der Waals surface area contributed by atoms with Gasteiger partial charge < -0.3 is 10.4 Å². The predicted octanol–water partition coefficient (Wildman–Crippen LogP) is 0.873. The third kappa shape index (κ3) is 7.06. The minimum atomic E-state index is -0.873. The highest BCUT2D eigenvalue weighted by atomic mass is 16.4. The van der Waals surface area contributed by atoms with Gasteiger partial charge in [-0.05, 0) is 25.9 Å². The van der Waals surface area contributed by atoms with Gasteiger partial charge in [-0.1, -0.05) is 13.0 Å². The lowest BCUT2D eigenvalue weighted by atomic mass is 10.1. The van der Waals surface area contributed by atoms with Crippen molar-refractivity contribution < 1.29 is 9.90 Å². The zero-order valence-corrected chi connectivity index (χ0v) is 7.00. The van der Waals surface area contributed by atoms with E-state index >= 15 is 0 Å². The van der Waals surface area contributed by atoms with E-state index in [1.165, 1.54) is 6.08 Å². The normalized spacial score (nSPS) is 13.6. The topological polar surface area (TPSA) is 49.3 Å². The van der Waals surface area contributed by atoms with E-state index in [4.69, 9.17) is 5.11 Å². The molecule has 0 saturated carbocycles. The third-order valence-corrected chi connectivity index (χ3v) is 1.35. The Bertz CT molecular complexity index is 143. The number of nitrogens with one attached hydrogen (secondary N) is 1. The number of hydrogen-bond donors (Lipinski definition) is 2. The van der Waals surface area contributed by atoms with Gasteiger partial charge in [-0.25, -0.2) is 4.79 Å². The highest BCUT2D eigenvalue weighted by molar-refractivity contribution is 5.79. The Hall–Kier alpha value is -0.830. The molecule has 0 rings (SSSR count). The zero-order valence-electron chi connectivity index (χ0n) is 7.00. The van der Waals surface area contributed by atoms with Gasteiger partial charge >= 0.3 is 5.97 Å². The molecule has 0 aromatic carbocycles. The van der Waals surface area contributed by atoms with Crippen LogP contribution in [0.2, 0.25) is 0 Å². The summed E-state index contributed by atoms with van der Waals surface area (Å²) in [7, 11) is 1.89. The van der Waals surface area contributed by atoms with E-state index in [1.54, 1.807) is 6.08 Å². The van der Waals surface area contributed by atoms with Crippen molar-refractivity contribution >= 4 is 5.97 Å². The van der Waals surface area contributed by atoms with E-state index in [0.717, 1.165) is 13.0 Å². The molecule has 3 nitrogen and oxygen atoms in total. The number of carboxylic acid groups (broad SMARTS) is 1. The Balaban J connectivity index is 3.44. The lowest BCUT2D eigenvalue weighted by Gasteiger charge is -2.05. The molecule has 0 radical (unpaired) electrons. The van der Waals surface area contributed by atoms with Gasteiger partial charge in [0, 0.05) is 6.08 Å². The maximum Gasteiger partial charge on any atom is 0.327 e. The molecule has 0 aliphatic heterocycles. The van der Waals surface area contributed by atoms with E-state index in [-0.39, 0.29) is 0 Å². The van der Waals surface area contributed by atoms with Crippen molar-refractivity contribution in [3.05, 3.63) is 12.2 Å². The summed E-state index contributed by atoms with van der Waals surface area (Å²) in [4.78, 5) is 10.0. The Labute approximate surface area is 67.1 Å². The summed E-state index contributed by atoms with van der Waals surface area (Å²) in [5.41, 5.74) is 0. The van der Waals surface area contributed by atoms with Gasteiger partial charge in [0.25, 0.3) is 0 Å². The van der Waals surface area contributed by atoms with Gasteiger partial charge in [-0.3, -0.25) is 0 Å². The number of carboxylic acids is 1. The van der Waals surface area contributed by atoms with Gasteiger partial charge in [-0.15, -0.1) is 0 Å². The monoisotopic (exact) mass is 157 g/mol. The maximum absolute atomic E-state index is 10.0. The standard InChI is InChI=1S/C8H15NO2/c1-7(6-9-2)4-3-5-8(10)11/h3,5,7,9H,4,6H2,1-2H3,(H,10,11). The molecule has 1 unspecified atom stereocenters. The fraction of sp³-hybridized carbons (Fsp3) is 0.625. The summed E-state index contributed by atoms with van der Waals surface area (Å²) in [6.45, 7) is 2.99. The van der Waals surface area contributed by atoms with Crippen molar-refractivity contribution in [2.75, 3.05) is 13.6 Å². The summed E-state index contributed by atoms with van der Waals surface area (Å²) in [6.07, 6.45) is 3.68. The highest BCUT2D eigenvalue weighted by Crippen LogP contribution is 1.99. The van der Waals surface area contributed by atoms with E-state index in [2.05, 4.69) is 12.2 Å². The minimum absolute atomic E-state index is 0.496. The van der Waals surface area contributed by atoms with Crippen molar-refractivity contribution in [2.24, 2.45) is 5.92 Å². The number of rotatable bonds is 5. The molecule has 0 aromatic heterocycles. The molecule has 0 amide bonds. The quantitative estimate of drug-likeness (QED) is 0.582. The van der Waals surface area contributed by atoms with Crippen LogP contribution >= 0.6 is 0 Å². The maximum atomic E-state index is 10.0. The predicted molar refractivity (Wildman–Crippen MR) is 44.5 cm³/mol. The molecular formula is C8H15NO2. The number of allylic oxidation sites excluding steroid dienone is 1. The van der Waals surface area contributed by atoms with E-state index in [0.29, 0.717) is 5.92 Å². The van der Waals surface area contributed by atoms with Crippen molar-refractivity contribution in [1.29, 1.82) is 0 Å². The second-order valence-corrected chi connectivity index (χ2v) is 2.64. The minimum Gasteiger partial charge on any atom is -0.478 e. The van der Waals surface area contributed by atoms with Gasteiger partial charge in [-0.2, -0.15) is 0 Å². The summed E-state index contributed by atoms with van der Waals surface area (Å²) in [5, 5.41) is 11.3. The van der Waals surface area contributed by atoms with Crippen LogP contribution in [-0.2, 0) is 4.79 Å². The molecule has 0 bridgehead atoms. The fourth-order valence-corrected chi connectivity index (χ4v) is 0.833. The Morgan fingerprint density at radius 3 is 2.82 bits per heavy atom. The van der Waals surface area contributed by atoms with Crippen LogP contribution in [-0.4, -0.2) is 24.7 Å². The Morgan fingerprint density at radius 2 is 2.36 bits per heavy atom. The molecular weight excluding hydrogens is 142 g/mol. The first-order valence-corrected chi connectivity index (χ1v) is 3.71. The molecule has 3 heteroatoms. The first-order chi connectivity index (χ1) is 5.16. The zero-order chi connectivity index (χ0) is 8.69. The molecule has 0 aliphatic rings. The molecule has 0 aromatic rings. The van der Waals surface area contributed by atoms with E-state index in [9.17, 15) is 4.79 Å². The van der Waals surface area contributed by atoms with Crippen molar-refractivity contribution in [1.82, 2.24) is 5.32 Å². The highest BCUT2D eigenvalue weighted by Gasteiger charge is 1.96. The molecule has 1 atom stereocenters. The summed E-state index contributed by atoms with van der Waals surface area (Å²) >= 11 is 0. The van der Waals surface area contributed by atoms with E-state index in [1.807, 2.05) is 7.05 Å². The second kappa shape index (κ2) is 5.92. The Morgan fingerprint density at radius 1 is 1.73 bits per heavy atom. The number of carbonyl (C=O) groups is 1. The molecule has 0 saturated heterocycles. The summed E-state index contributed by atoms with van der Waals surface area (Å²) in [6, 6.07) is 0. The van der Waals surface area contributed by atoms with Crippen molar-refractivity contribution in [3.63, 3.8) is 0 Å². The fourth-order valence-electron chi connectivity index (χ4n) is 0.833. The number of aliphatic carboxylic acids is 1. The lowest BCUT2D eigenvalue weighted by molar-refractivity contribution is -0.131. The van der Waals surface area contributed by atoms with Crippen LogP contribution in [0.4, 0.5) is 0 Å². The van der Waals surface area contributed by atoms with Crippen LogP contribution in [0.25, 0.3) is 0 Å². The van der Waals surface area contributed by atoms with E-state index < -0.39 is 5.97 Å². The van der Waals surface area contributed by atoms with Crippen molar-refractivity contribution in [2.45, 2.75) is 13.3 Å². The van der Waals surface area contributed by atoms with Crippen LogP contribution < -0.4 is 5.32 Å². The molecule has 0 spiro atoms. The smallest absolute Gasteiger partial charge is 0.327 e. The van der Waals surface area contributed by atoms with Crippen LogP contribution in [0, 0.1) is 5.92 Å². The average molecular weight is 157 g/mol. The van der Waals surface area contributed by atoms with Gasteiger partial charge in [0.05, 0.1) is 0 Å². The first-order valence-electron chi connectivity index (χ1n) is 3.71.